The Morgan fingerprint density at radius 1 is 1.16 bits per heavy atom. The molecule has 4 saturated carbocycles. The van der Waals surface area contributed by atoms with Gasteiger partial charge >= 0.3 is 0 Å². The van der Waals surface area contributed by atoms with Crippen molar-refractivity contribution >= 4 is 5.91 Å². The molecule has 4 aliphatic rings. The Kier molecular flexibility index (Phi) is 3.84. The maximum absolute atomic E-state index is 12.2. The average Bonchev–Trinajstić information content (AvgIpc) is 2.39. The maximum atomic E-state index is 12.2. The number of carbonyl (C=O) groups is 1. The van der Waals surface area contributed by atoms with Crippen LogP contribution in [-0.4, -0.2) is 18.0 Å². The van der Waals surface area contributed by atoms with Crippen LogP contribution in [0.25, 0.3) is 0 Å². The Morgan fingerprint density at radius 3 is 2.26 bits per heavy atom. The zero-order valence-corrected chi connectivity index (χ0v) is 12.1. The molecule has 1 amide bonds. The van der Waals surface area contributed by atoms with Crippen molar-refractivity contribution in [3.05, 3.63) is 0 Å². The lowest BCUT2D eigenvalue weighted by atomic mass is 9.54. The topological polar surface area (TPSA) is 55.1 Å². The molecule has 3 N–H and O–H groups in total. The van der Waals surface area contributed by atoms with E-state index in [-0.39, 0.29) is 11.9 Å². The molecule has 0 aromatic heterocycles. The zero-order valence-electron chi connectivity index (χ0n) is 12.1. The molecule has 0 unspecified atom stereocenters. The first-order valence-electron chi connectivity index (χ1n) is 8.23. The van der Waals surface area contributed by atoms with Crippen molar-refractivity contribution in [1.82, 2.24) is 5.32 Å². The lowest BCUT2D eigenvalue weighted by Gasteiger charge is -2.54. The van der Waals surface area contributed by atoms with Crippen LogP contribution in [0.1, 0.15) is 58.3 Å². The number of rotatable bonds is 5. The molecule has 3 nitrogen and oxygen atoms in total. The number of nitrogens with two attached hydrogens (primary N) is 1. The summed E-state index contributed by atoms with van der Waals surface area (Å²) in [6.07, 6.45) is 9.85. The Balaban J connectivity index is 1.56. The molecule has 0 radical (unpaired) electrons. The highest BCUT2D eigenvalue weighted by molar-refractivity contribution is 5.81. The standard InChI is InChI=1S/C16H28N2O/c1-2-3-4-14(17)16(19)18-15-12-6-10-5-11(8-12)9-13(15)7-10/h10-15H,2-9,17H2,1H3,(H,18,19)/t10?,11?,12?,13?,14-,15?/m0/s1. The van der Waals surface area contributed by atoms with Gasteiger partial charge in [0.1, 0.15) is 0 Å². The van der Waals surface area contributed by atoms with Crippen LogP contribution in [0.2, 0.25) is 0 Å². The Bertz CT molecular complexity index is 314. The van der Waals surface area contributed by atoms with Gasteiger partial charge < -0.3 is 11.1 Å². The van der Waals surface area contributed by atoms with Crippen LogP contribution in [0.3, 0.4) is 0 Å². The highest BCUT2D eigenvalue weighted by atomic mass is 16.2. The molecule has 19 heavy (non-hydrogen) atoms. The van der Waals surface area contributed by atoms with E-state index in [1.807, 2.05) is 0 Å². The Labute approximate surface area is 116 Å². The molecule has 4 fully saturated rings. The van der Waals surface area contributed by atoms with Gasteiger partial charge in [-0.2, -0.15) is 0 Å². The molecule has 0 spiro atoms. The third-order valence-corrected chi connectivity index (χ3v) is 5.74. The summed E-state index contributed by atoms with van der Waals surface area (Å²) < 4.78 is 0. The van der Waals surface area contributed by atoms with Crippen molar-refractivity contribution < 1.29 is 4.79 Å². The molecule has 0 aromatic carbocycles. The van der Waals surface area contributed by atoms with Crippen LogP contribution in [0.5, 0.6) is 0 Å². The van der Waals surface area contributed by atoms with E-state index in [4.69, 9.17) is 5.73 Å². The summed E-state index contributed by atoms with van der Waals surface area (Å²) in [7, 11) is 0. The number of amides is 1. The van der Waals surface area contributed by atoms with E-state index in [1.54, 1.807) is 0 Å². The summed E-state index contributed by atoms with van der Waals surface area (Å²) in [6, 6.07) is 0.144. The largest absolute Gasteiger partial charge is 0.351 e. The van der Waals surface area contributed by atoms with Crippen LogP contribution >= 0.6 is 0 Å². The van der Waals surface area contributed by atoms with Gasteiger partial charge in [-0.05, 0) is 62.2 Å². The second kappa shape index (κ2) is 5.43. The van der Waals surface area contributed by atoms with Gasteiger partial charge in [-0.25, -0.2) is 0 Å². The van der Waals surface area contributed by atoms with Gasteiger partial charge in [0.15, 0.2) is 0 Å². The first-order valence-corrected chi connectivity index (χ1v) is 8.23. The second-order valence-electron chi connectivity index (χ2n) is 7.21. The molecule has 0 aliphatic heterocycles. The van der Waals surface area contributed by atoms with E-state index >= 15 is 0 Å². The van der Waals surface area contributed by atoms with Gasteiger partial charge in [-0.3, -0.25) is 4.79 Å². The van der Waals surface area contributed by atoms with Crippen LogP contribution < -0.4 is 11.1 Å². The van der Waals surface area contributed by atoms with Crippen LogP contribution in [-0.2, 0) is 4.79 Å². The highest BCUT2D eigenvalue weighted by Crippen LogP contribution is 2.53. The fourth-order valence-corrected chi connectivity index (χ4v) is 4.99. The summed E-state index contributed by atoms with van der Waals surface area (Å²) >= 11 is 0. The van der Waals surface area contributed by atoms with Crippen molar-refractivity contribution in [1.29, 1.82) is 0 Å². The first-order chi connectivity index (χ1) is 9.17. The predicted octanol–water partition coefficient (Wildman–Crippen LogP) is 2.44. The third-order valence-electron chi connectivity index (χ3n) is 5.74. The molecule has 4 rings (SSSR count). The second-order valence-corrected chi connectivity index (χ2v) is 7.21. The minimum atomic E-state index is -0.294. The van der Waals surface area contributed by atoms with Crippen LogP contribution in [0.4, 0.5) is 0 Å². The quantitative estimate of drug-likeness (QED) is 0.801. The van der Waals surface area contributed by atoms with Gasteiger partial charge in [-0.1, -0.05) is 19.8 Å². The highest BCUT2D eigenvalue weighted by Gasteiger charge is 2.48. The summed E-state index contributed by atoms with van der Waals surface area (Å²) in [5, 5.41) is 3.31. The molecule has 0 saturated heterocycles. The minimum Gasteiger partial charge on any atom is -0.351 e. The van der Waals surface area contributed by atoms with Crippen molar-refractivity contribution in [2.75, 3.05) is 0 Å². The minimum absolute atomic E-state index is 0.103. The smallest absolute Gasteiger partial charge is 0.237 e. The average molecular weight is 264 g/mol. The first kappa shape index (κ1) is 13.4. The fourth-order valence-electron chi connectivity index (χ4n) is 4.99. The molecular weight excluding hydrogens is 236 g/mol. The fraction of sp³-hybridized carbons (Fsp3) is 0.938. The molecule has 1 atom stereocenters. The van der Waals surface area contributed by atoms with Gasteiger partial charge in [0.05, 0.1) is 6.04 Å². The van der Waals surface area contributed by atoms with Crippen molar-refractivity contribution in [3.8, 4) is 0 Å². The van der Waals surface area contributed by atoms with E-state index in [0.717, 1.165) is 42.9 Å². The van der Waals surface area contributed by atoms with E-state index in [2.05, 4.69) is 12.2 Å². The molecule has 0 aromatic rings. The lowest BCUT2D eigenvalue weighted by molar-refractivity contribution is -0.126. The Morgan fingerprint density at radius 2 is 1.74 bits per heavy atom. The Hall–Kier alpha value is -0.570. The van der Waals surface area contributed by atoms with Crippen molar-refractivity contribution in [2.24, 2.45) is 29.4 Å². The van der Waals surface area contributed by atoms with Gasteiger partial charge in [0.2, 0.25) is 5.91 Å². The van der Waals surface area contributed by atoms with Gasteiger partial charge in [0, 0.05) is 6.04 Å². The van der Waals surface area contributed by atoms with Crippen molar-refractivity contribution in [3.63, 3.8) is 0 Å². The third kappa shape index (κ3) is 2.67. The summed E-state index contributed by atoms with van der Waals surface area (Å²) in [6.45, 7) is 2.14. The summed E-state index contributed by atoms with van der Waals surface area (Å²) in [5.41, 5.74) is 5.99. The molecule has 4 bridgehead atoms. The van der Waals surface area contributed by atoms with E-state index in [1.165, 1.54) is 32.1 Å². The SMILES string of the molecule is CCCC[C@H](N)C(=O)NC1C2CC3CC(C2)CC1C3. The normalized spacial score (nSPS) is 41.3. The van der Waals surface area contributed by atoms with E-state index in [9.17, 15) is 4.79 Å². The monoisotopic (exact) mass is 264 g/mol. The molecular formula is C16H28N2O. The molecule has 0 heterocycles. The summed E-state index contributed by atoms with van der Waals surface area (Å²) in [5.74, 6) is 3.52. The van der Waals surface area contributed by atoms with Gasteiger partial charge in [0.25, 0.3) is 0 Å². The summed E-state index contributed by atoms with van der Waals surface area (Å²) in [4.78, 5) is 12.2. The predicted molar refractivity (Wildman–Crippen MR) is 76.5 cm³/mol. The lowest BCUT2D eigenvalue weighted by Crippen LogP contribution is -2.58. The number of unbranched alkanes of at least 4 members (excludes halogenated alkanes) is 1. The van der Waals surface area contributed by atoms with Crippen molar-refractivity contribution in [2.45, 2.75) is 70.4 Å². The number of nitrogens with one attached hydrogen (secondary N) is 1. The zero-order chi connectivity index (χ0) is 13.4. The molecule has 3 heteroatoms. The van der Waals surface area contributed by atoms with E-state index < -0.39 is 0 Å². The molecule has 108 valence electrons. The maximum Gasteiger partial charge on any atom is 0.237 e. The van der Waals surface area contributed by atoms with E-state index in [0.29, 0.717) is 6.04 Å². The number of hydrogen-bond acceptors (Lipinski definition) is 2. The van der Waals surface area contributed by atoms with Gasteiger partial charge in [-0.15, -0.1) is 0 Å². The number of carbonyl (C=O) groups excluding carboxylic acids is 1. The van der Waals surface area contributed by atoms with Crippen LogP contribution in [0.15, 0.2) is 0 Å². The molecule has 4 aliphatic carbocycles. The number of hydrogen-bond donors (Lipinski definition) is 2. The van der Waals surface area contributed by atoms with Crippen LogP contribution in [0, 0.1) is 23.7 Å².